The molecule has 228 valence electrons. The third-order valence-electron chi connectivity index (χ3n) is 6.92. The molecule has 0 radical (unpaired) electrons. The Balaban J connectivity index is 0.00000441. The molecule has 3 rings (SSSR count). The second-order valence-electron chi connectivity index (χ2n) is 10.1. The van der Waals surface area contributed by atoms with Gasteiger partial charge >= 0.3 is 0 Å². The molecule has 2 atom stereocenters. The monoisotopic (exact) mass is 569 g/mol. The zero-order valence-electron chi connectivity index (χ0n) is 23.6. The molecule has 0 aliphatic carbocycles. The molecule has 2 N–H and O–H groups in total. The van der Waals surface area contributed by atoms with E-state index in [9.17, 15) is 14.0 Å². The summed E-state index contributed by atoms with van der Waals surface area (Å²) in [5.41, 5.74) is 1.73. The normalized spacial score (nSPS) is 18.6. The molecular formula is C29H48FN3O7. The number of likely N-dealkylation sites (tertiary alicyclic amines) is 1. The van der Waals surface area contributed by atoms with Crippen LogP contribution >= 0.6 is 0 Å². The summed E-state index contributed by atoms with van der Waals surface area (Å²) in [6.45, 7) is 9.87. The minimum Gasteiger partial charge on any atom is -0.493 e. The van der Waals surface area contributed by atoms with Crippen molar-refractivity contribution in [3.05, 3.63) is 41.7 Å². The van der Waals surface area contributed by atoms with Gasteiger partial charge in [0.15, 0.2) is 0 Å². The molecule has 0 bridgehead atoms. The zero-order valence-corrected chi connectivity index (χ0v) is 23.6. The van der Waals surface area contributed by atoms with E-state index in [1.165, 1.54) is 12.1 Å². The molecule has 0 saturated carbocycles. The molecule has 40 heavy (non-hydrogen) atoms. The van der Waals surface area contributed by atoms with Crippen LogP contribution in [0.25, 0.3) is 0 Å². The summed E-state index contributed by atoms with van der Waals surface area (Å²) in [6.07, 6.45) is 3.31. The van der Waals surface area contributed by atoms with Gasteiger partial charge in [0.05, 0.1) is 65.4 Å². The third kappa shape index (κ3) is 11.1. The van der Waals surface area contributed by atoms with E-state index in [0.717, 1.165) is 36.3 Å². The van der Waals surface area contributed by atoms with Crippen LogP contribution in [-0.2, 0) is 41.4 Å². The molecule has 0 aromatic heterocycles. The molecule has 11 heteroatoms. The van der Waals surface area contributed by atoms with Crippen molar-refractivity contribution >= 4 is 11.8 Å². The number of hydrogen-bond acceptors (Lipinski definition) is 8. The van der Waals surface area contributed by atoms with Gasteiger partial charge in [0.1, 0.15) is 11.6 Å². The zero-order chi connectivity index (χ0) is 28.6. The molecule has 2 heterocycles. The Morgan fingerprint density at radius 1 is 1.02 bits per heavy atom. The Hall–Kier alpha value is -2.57. The fourth-order valence-corrected chi connectivity index (χ4v) is 5.08. The lowest BCUT2D eigenvalue weighted by Crippen LogP contribution is -2.46. The first kappa shape index (κ1) is 32.0. The van der Waals surface area contributed by atoms with Gasteiger partial charge < -0.3 is 39.2 Å². The van der Waals surface area contributed by atoms with Crippen molar-refractivity contribution in [2.75, 3.05) is 92.7 Å². The molecule has 10 nitrogen and oxygen atoms in total. The largest absolute Gasteiger partial charge is 0.493 e. The lowest BCUT2D eigenvalue weighted by atomic mass is 9.83. The number of halogens is 1. The number of carbonyl (C=O) groups excluding carboxylic acids is 2. The number of amides is 2. The van der Waals surface area contributed by atoms with Gasteiger partial charge in [0, 0.05) is 41.0 Å². The number of piperidine rings is 1. The van der Waals surface area contributed by atoms with Crippen molar-refractivity contribution < 1.29 is 40.5 Å². The summed E-state index contributed by atoms with van der Waals surface area (Å²) in [6, 6.07) is 3.20. The molecule has 2 aliphatic rings. The molecule has 2 amide bonds. The fraction of sp³-hybridized carbons (Fsp3) is 0.655. The highest BCUT2D eigenvalue weighted by Gasteiger charge is 2.31. The van der Waals surface area contributed by atoms with Gasteiger partial charge in [0.2, 0.25) is 11.8 Å². The van der Waals surface area contributed by atoms with E-state index < -0.39 is 0 Å². The molecule has 1 saturated heterocycles. The first-order valence-corrected chi connectivity index (χ1v) is 14.1. The third-order valence-corrected chi connectivity index (χ3v) is 6.92. The number of hydrogen-bond donors (Lipinski definition) is 2. The highest BCUT2D eigenvalue weighted by molar-refractivity contribution is 5.86. The van der Waals surface area contributed by atoms with Crippen LogP contribution in [0.1, 0.15) is 20.4 Å². The summed E-state index contributed by atoms with van der Waals surface area (Å²) in [4.78, 5) is 25.9. The number of nitrogens with one attached hydrogen (secondary N) is 2. The van der Waals surface area contributed by atoms with E-state index in [4.69, 9.17) is 23.7 Å². The molecule has 1 aromatic carbocycles. The van der Waals surface area contributed by atoms with Crippen LogP contribution in [0.15, 0.2) is 24.8 Å². The van der Waals surface area contributed by atoms with Crippen LogP contribution in [0, 0.1) is 17.7 Å². The van der Waals surface area contributed by atoms with Crippen LogP contribution in [0.3, 0.4) is 0 Å². The number of fused-ring (bicyclic) bond motifs is 1. The van der Waals surface area contributed by atoms with Gasteiger partial charge in [-0.05, 0) is 49.6 Å². The van der Waals surface area contributed by atoms with Crippen LogP contribution < -0.4 is 15.4 Å². The SMILES string of the molecule is C=CC(=O)NCCOCCOCCOCCOCCNC(=O)[C@H]1C[C@@H](Cc2c(F)ccc3c2CCO3)CN(C)C1.[HH].[HH]. The van der Waals surface area contributed by atoms with Crippen molar-refractivity contribution in [3.63, 3.8) is 0 Å². The Morgan fingerprint density at radius 3 is 2.30 bits per heavy atom. The lowest BCUT2D eigenvalue weighted by Gasteiger charge is -2.35. The van der Waals surface area contributed by atoms with Gasteiger partial charge in [-0.3, -0.25) is 9.59 Å². The number of carbonyl (C=O) groups is 2. The van der Waals surface area contributed by atoms with Gasteiger partial charge in [-0.15, -0.1) is 0 Å². The van der Waals surface area contributed by atoms with Crippen molar-refractivity contribution in [1.29, 1.82) is 0 Å². The Kier molecular flexibility index (Phi) is 14.4. The summed E-state index contributed by atoms with van der Waals surface area (Å²) in [5, 5.41) is 5.60. The Labute approximate surface area is 239 Å². The quantitative estimate of drug-likeness (QED) is 0.192. The molecule has 2 aliphatic heterocycles. The van der Waals surface area contributed by atoms with Crippen LogP contribution in [0.2, 0.25) is 0 Å². The van der Waals surface area contributed by atoms with Crippen LogP contribution in [0.4, 0.5) is 4.39 Å². The van der Waals surface area contributed by atoms with Crippen molar-refractivity contribution in [3.8, 4) is 5.75 Å². The van der Waals surface area contributed by atoms with Crippen molar-refractivity contribution in [2.24, 2.45) is 11.8 Å². The molecule has 1 fully saturated rings. The second kappa shape index (κ2) is 18.0. The van der Waals surface area contributed by atoms with Gasteiger partial charge in [-0.25, -0.2) is 4.39 Å². The van der Waals surface area contributed by atoms with E-state index in [1.54, 1.807) is 6.07 Å². The van der Waals surface area contributed by atoms with Crippen LogP contribution in [0.5, 0.6) is 5.75 Å². The number of ether oxygens (including phenoxy) is 5. The maximum Gasteiger partial charge on any atom is 0.243 e. The van der Waals surface area contributed by atoms with E-state index in [-0.39, 0.29) is 32.3 Å². The van der Waals surface area contributed by atoms with E-state index in [2.05, 4.69) is 22.1 Å². The number of rotatable bonds is 19. The minimum atomic E-state index is -0.218. The predicted octanol–water partition coefficient (Wildman–Crippen LogP) is 1.85. The topological polar surface area (TPSA) is 108 Å². The average molecular weight is 570 g/mol. The first-order valence-electron chi connectivity index (χ1n) is 14.1. The first-order chi connectivity index (χ1) is 19.5. The Morgan fingerprint density at radius 2 is 1.65 bits per heavy atom. The standard InChI is InChI=1S/C29H44FN3O7.2H2/c1-3-28(34)31-7-10-36-12-14-38-16-17-39-15-13-37-11-8-32-29(35)23-18-22(20-33(2)21-23)19-25-24-6-9-40-27(24)5-4-26(25)30;;/h3-5,22-23H,1,6-21H2,2H3,(H,31,34)(H,32,35);2*1H/t22-,23-;;/m0../s1. The highest BCUT2D eigenvalue weighted by Crippen LogP contribution is 2.33. The molecule has 0 spiro atoms. The summed E-state index contributed by atoms with van der Waals surface area (Å²) in [5.74, 6) is 0.482. The fourth-order valence-electron chi connectivity index (χ4n) is 5.08. The van der Waals surface area contributed by atoms with E-state index in [0.29, 0.717) is 85.5 Å². The number of benzene rings is 1. The molecule has 0 unspecified atom stereocenters. The molecular weight excluding hydrogens is 521 g/mol. The average Bonchev–Trinajstić information content (AvgIpc) is 3.43. The summed E-state index contributed by atoms with van der Waals surface area (Å²) < 4.78 is 42.0. The van der Waals surface area contributed by atoms with Gasteiger partial charge in [-0.2, -0.15) is 0 Å². The maximum absolute atomic E-state index is 14.6. The van der Waals surface area contributed by atoms with Gasteiger partial charge in [-0.1, -0.05) is 6.58 Å². The highest BCUT2D eigenvalue weighted by atomic mass is 19.1. The van der Waals surface area contributed by atoms with Crippen LogP contribution in [-0.4, -0.2) is 109 Å². The Bertz CT molecular complexity index is 960. The van der Waals surface area contributed by atoms with E-state index >= 15 is 0 Å². The van der Waals surface area contributed by atoms with E-state index in [1.807, 2.05) is 7.05 Å². The maximum atomic E-state index is 14.6. The number of nitrogens with zero attached hydrogens (tertiary/aromatic N) is 1. The van der Waals surface area contributed by atoms with Gasteiger partial charge in [0.25, 0.3) is 0 Å². The summed E-state index contributed by atoms with van der Waals surface area (Å²) >= 11 is 0. The summed E-state index contributed by atoms with van der Waals surface area (Å²) in [7, 11) is 2.01. The minimum absolute atomic E-state index is 0. The van der Waals surface area contributed by atoms with Crippen molar-refractivity contribution in [1.82, 2.24) is 15.5 Å². The molecule has 1 aromatic rings. The lowest BCUT2D eigenvalue weighted by molar-refractivity contribution is -0.127. The predicted molar refractivity (Wildman–Crippen MR) is 152 cm³/mol. The smallest absolute Gasteiger partial charge is 0.243 e. The van der Waals surface area contributed by atoms with Crippen molar-refractivity contribution in [2.45, 2.75) is 19.3 Å². The second-order valence-corrected chi connectivity index (χ2v) is 10.1.